The van der Waals surface area contributed by atoms with Crippen LogP contribution in [-0.2, 0) is 0 Å². The van der Waals surface area contributed by atoms with Gasteiger partial charge < -0.3 is 29.4 Å². The van der Waals surface area contributed by atoms with Crippen LogP contribution < -0.4 is 29.4 Å². The fourth-order valence-electron chi connectivity index (χ4n) is 25.4. The van der Waals surface area contributed by atoms with Gasteiger partial charge in [-0.05, 0) is 328 Å². The van der Waals surface area contributed by atoms with Crippen LogP contribution in [0.4, 0.5) is 34.1 Å². The molecule has 21 unspecified atom stereocenters. The Balaban J connectivity index is 0.000000109. The van der Waals surface area contributed by atoms with Crippen molar-refractivity contribution in [3.8, 4) is 0 Å². The third-order valence-corrected chi connectivity index (χ3v) is 32.2. The van der Waals surface area contributed by atoms with Crippen LogP contribution in [0.2, 0.25) is 0 Å². The van der Waals surface area contributed by atoms with Crippen molar-refractivity contribution < 1.29 is 0 Å². The van der Waals surface area contributed by atoms with Crippen LogP contribution in [0.3, 0.4) is 0 Å². The molecule has 6 aromatic rings. The van der Waals surface area contributed by atoms with Crippen molar-refractivity contribution >= 4 is 34.1 Å². The minimum Gasteiger partial charge on any atom is -0.365 e. The van der Waals surface area contributed by atoms with Crippen molar-refractivity contribution in [3.05, 3.63) is 179 Å². The van der Waals surface area contributed by atoms with E-state index in [4.69, 9.17) is 0 Å². The first-order chi connectivity index (χ1) is 47.7. The summed E-state index contributed by atoms with van der Waals surface area (Å²) in [6, 6.07) is 58.8. The molecule has 18 rings (SSSR count). The molecular weight excluding hydrogens is 1230 g/mol. The van der Waals surface area contributed by atoms with Gasteiger partial charge in [0.05, 0.1) is 0 Å². The molecule has 101 heavy (non-hydrogen) atoms. The third kappa shape index (κ3) is 12.3. The monoisotopic (exact) mass is 1360 g/mol. The molecule has 21 atom stereocenters. The number of benzene rings is 6. The molecule has 6 aliphatic heterocycles. The summed E-state index contributed by atoms with van der Waals surface area (Å²) in [5.74, 6) is 4.29. The van der Waals surface area contributed by atoms with Crippen LogP contribution >= 0.6 is 0 Å². The van der Waals surface area contributed by atoms with Crippen molar-refractivity contribution in [3.63, 3.8) is 0 Å². The highest BCUT2D eigenvalue weighted by Crippen LogP contribution is 2.66. The Morgan fingerprint density at radius 2 is 0.762 bits per heavy atom. The van der Waals surface area contributed by atoms with Gasteiger partial charge in [-0.1, -0.05) is 158 Å². The number of rotatable bonds is 6. The third-order valence-electron chi connectivity index (χ3n) is 32.2. The lowest BCUT2D eigenvalue weighted by Gasteiger charge is -2.51. The van der Waals surface area contributed by atoms with Gasteiger partial charge in [0, 0.05) is 105 Å². The lowest BCUT2D eigenvalue weighted by atomic mass is 9.71. The van der Waals surface area contributed by atoms with E-state index in [1.54, 1.807) is 0 Å². The fraction of sp³-hybridized carbons (Fsp3) is 0.621. The molecule has 6 heterocycles. The number of nitrogens with zero attached hydrogens (tertiary/aromatic N) is 6. The SMILES string of the molecule is Cc1ccccc1N1C(C)C2(C)CC1(C)C(C)C2C.Cc1ccccc1N1C(C)C2(C)CC1(C)CC2C.Cc1ccccc1N1C(C)C2(C)CCC1(C)C2.Cc1ccccc1N1C(C)C2CCC1(C)C2.Cc1ccccc1N1C2CCC(C)(C2)C1C.Cc1ccccc1N1C2CCC(C2)C1C. The Bertz CT molecular complexity index is 3930. The highest BCUT2D eigenvalue weighted by Gasteiger charge is 2.66. The molecule has 0 aromatic heterocycles. The fourth-order valence-corrected chi connectivity index (χ4v) is 25.4. The molecule has 6 saturated heterocycles. The maximum Gasteiger partial charge on any atom is 0.0411 e. The molecule has 12 fully saturated rings. The van der Waals surface area contributed by atoms with Gasteiger partial charge in [0.1, 0.15) is 0 Å². The van der Waals surface area contributed by atoms with Gasteiger partial charge >= 0.3 is 0 Å². The van der Waals surface area contributed by atoms with Crippen LogP contribution in [0, 0.1) is 92.8 Å². The van der Waals surface area contributed by atoms with Gasteiger partial charge in [0.2, 0.25) is 0 Å². The second-order valence-corrected chi connectivity index (χ2v) is 38.2. The van der Waals surface area contributed by atoms with Crippen LogP contribution in [0.25, 0.3) is 0 Å². The minimum atomic E-state index is 0.319. The molecule has 6 saturated carbocycles. The molecule has 0 N–H and O–H groups in total. The van der Waals surface area contributed by atoms with Gasteiger partial charge in [-0.3, -0.25) is 0 Å². The van der Waals surface area contributed by atoms with Crippen LogP contribution in [-0.4, -0.2) is 70.5 Å². The first-order valence-corrected chi connectivity index (χ1v) is 40.8. The first kappa shape index (κ1) is 73.4. The zero-order valence-electron chi connectivity index (χ0n) is 67.7. The van der Waals surface area contributed by atoms with Crippen molar-refractivity contribution in [2.75, 3.05) is 29.4 Å². The largest absolute Gasteiger partial charge is 0.365 e. The molecule has 6 heteroatoms. The lowest BCUT2D eigenvalue weighted by Crippen LogP contribution is -2.56. The Hall–Kier alpha value is -5.88. The number of hydrogen-bond donors (Lipinski definition) is 0. The molecule has 12 bridgehead atoms. The Morgan fingerprint density at radius 1 is 0.307 bits per heavy atom. The normalized spacial score (nSPS) is 39.5. The lowest BCUT2D eigenvalue weighted by molar-refractivity contribution is 0.148. The zero-order chi connectivity index (χ0) is 72.5. The predicted molar refractivity (Wildman–Crippen MR) is 436 cm³/mol. The molecule has 12 aliphatic rings. The highest BCUT2D eigenvalue weighted by atomic mass is 15.3. The molecule has 0 spiro atoms. The predicted octanol–water partition coefficient (Wildman–Crippen LogP) is 24.1. The van der Waals surface area contributed by atoms with Gasteiger partial charge in [-0.15, -0.1) is 0 Å². The summed E-state index contributed by atoms with van der Waals surface area (Å²) in [6.45, 7) is 55.0. The Kier molecular flexibility index (Phi) is 19.6. The summed E-state index contributed by atoms with van der Waals surface area (Å²) >= 11 is 0. The van der Waals surface area contributed by atoms with Crippen LogP contribution in [0.1, 0.15) is 247 Å². The average Bonchev–Trinajstić information content (AvgIpc) is 1.54. The van der Waals surface area contributed by atoms with Crippen molar-refractivity contribution in [1.29, 1.82) is 0 Å². The number of aryl methyl sites for hydroxylation is 6. The minimum absolute atomic E-state index is 0.319. The van der Waals surface area contributed by atoms with Crippen molar-refractivity contribution in [2.24, 2.45) is 51.2 Å². The topological polar surface area (TPSA) is 19.4 Å². The van der Waals surface area contributed by atoms with E-state index in [0.29, 0.717) is 68.0 Å². The maximum absolute atomic E-state index is 2.73. The van der Waals surface area contributed by atoms with E-state index in [0.717, 1.165) is 53.8 Å². The molecule has 6 nitrogen and oxygen atoms in total. The maximum atomic E-state index is 2.73. The van der Waals surface area contributed by atoms with Crippen molar-refractivity contribution in [2.45, 2.75) is 326 Å². The van der Waals surface area contributed by atoms with Gasteiger partial charge in [0.25, 0.3) is 0 Å². The summed E-state index contributed by atoms with van der Waals surface area (Å²) in [7, 11) is 0. The molecule has 6 aliphatic carbocycles. The molecule has 0 radical (unpaired) electrons. The highest BCUT2D eigenvalue weighted by molar-refractivity contribution is 5.63. The van der Waals surface area contributed by atoms with E-state index >= 15 is 0 Å². The van der Waals surface area contributed by atoms with E-state index in [2.05, 4.69) is 334 Å². The van der Waals surface area contributed by atoms with Crippen molar-refractivity contribution in [1.82, 2.24) is 0 Å². The second-order valence-electron chi connectivity index (χ2n) is 38.2. The number of piperidine rings is 6. The first-order valence-electron chi connectivity index (χ1n) is 40.8. The Labute approximate surface area is 616 Å². The Morgan fingerprint density at radius 3 is 1.17 bits per heavy atom. The van der Waals surface area contributed by atoms with Crippen LogP contribution in [0.5, 0.6) is 0 Å². The van der Waals surface area contributed by atoms with E-state index in [9.17, 15) is 0 Å². The van der Waals surface area contributed by atoms with E-state index in [1.807, 2.05) is 0 Å². The van der Waals surface area contributed by atoms with Gasteiger partial charge in [-0.25, -0.2) is 0 Å². The second kappa shape index (κ2) is 26.9. The molecule has 546 valence electrons. The smallest absolute Gasteiger partial charge is 0.0411 e. The number of fused-ring (bicyclic) bond motifs is 12. The van der Waals surface area contributed by atoms with Gasteiger partial charge in [-0.2, -0.15) is 0 Å². The summed E-state index contributed by atoms with van der Waals surface area (Å²) in [4.78, 5) is 16.2. The molecular formula is C95H136N6. The van der Waals surface area contributed by atoms with Gasteiger partial charge in [0.15, 0.2) is 0 Å². The quantitative estimate of drug-likeness (QED) is 0.164. The number of para-hydroxylation sites is 6. The number of anilines is 6. The standard InChI is InChI=1S/C18H27N.C17H25N.C16H23N.2C15H21N.C14H19N/c1-12-9-7-8-10-16(12)19-15(4)17(5)11-18(19,6)14(3)13(17)2;1-12-8-6-7-9-15(12)18-14(3)17(5)11-16(18,4)10-13(17)2;1-12-7-5-6-8-14(12)17-13(2)15(3)9-10-16(17,4)11-15;1-11-6-4-5-7-14(11)16-12(2)15(3)9-8-13(16)10-15;1-11-6-4-5-7-14(11)16-12(2)13-8-9-15(16,3)10-13;1-10-5-3-4-6-14(10)15-11(2)12-7-8-13(15)9-12/h7-10,13-15H,11H2,1-6H3;6-9,13-14H,10-11H2,1-5H3;5-8,13H,9-11H2,1-4H3;2*4-7,12-13H,8-10H2,1-3H3;3-6,11-13H,7-9H2,1-2H3. The molecule has 6 aromatic carbocycles. The zero-order valence-corrected chi connectivity index (χ0v) is 67.7. The number of hydrogen-bond acceptors (Lipinski definition) is 6. The summed E-state index contributed by atoms with van der Waals surface area (Å²) < 4.78 is 0. The van der Waals surface area contributed by atoms with E-state index in [-0.39, 0.29) is 0 Å². The molecule has 0 amide bonds. The van der Waals surface area contributed by atoms with E-state index in [1.165, 1.54) is 164 Å². The van der Waals surface area contributed by atoms with E-state index < -0.39 is 0 Å². The van der Waals surface area contributed by atoms with Crippen LogP contribution in [0.15, 0.2) is 146 Å². The summed E-state index contributed by atoms with van der Waals surface area (Å²) in [5, 5.41) is 0. The summed E-state index contributed by atoms with van der Waals surface area (Å²) in [5.41, 5.74) is 20.8. The average molecular weight is 1360 g/mol. The summed E-state index contributed by atoms with van der Waals surface area (Å²) in [6.07, 6.45) is 20.8.